The first-order chi connectivity index (χ1) is 9.66. The molecule has 1 atom stereocenters. The van der Waals surface area contributed by atoms with Gasteiger partial charge in [-0.2, -0.15) is 0 Å². The molecule has 2 aromatic rings. The summed E-state index contributed by atoms with van der Waals surface area (Å²) in [5, 5.41) is 0. The van der Waals surface area contributed by atoms with Crippen LogP contribution in [0.25, 0.3) is 0 Å². The van der Waals surface area contributed by atoms with Crippen molar-refractivity contribution in [3.8, 4) is 0 Å². The maximum atomic E-state index is 2.39. The van der Waals surface area contributed by atoms with Gasteiger partial charge in [0.1, 0.15) is 0 Å². The average molecular weight is 264 g/mol. The SMILES string of the molecule is CC(C)C(C)CC1c2ccccc2Cc2ccccc21. The van der Waals surface area contributed by atoms with Crippen molar-refractivity contribution >= 4 is 0 Å². The lowest BCUT2D eigenvalue weighted by Crippen LogP contribution is -2.18. The van der Waals surface area contributed by atoms with E-state index >= 15 is 0 Å². The van der Waals surface area contributed by atoms with Crippen LogP contribution in [0.5, 0.6) is 0 Å². The highest BCUT2D eigenvalue weighted by atomic mass is 14.3. The van der Waals surface area contributed by atoms with Crippen LogP contribution >= 0.6 is 0 Å². The monoisotopic (exact) mass is 264 g/mol. The zero-order valence-corrected chi connectivity index (χ0v) is 12.8. The highest BCUT2D eigenvalue weighted by Crippen LogP contribution is 2.41. The molecule has 0 amide bonds. The second-order valence-electron chi connectivity index (χ2n) is 6.58. The van der Waals surface area contributed by atoms with Crippen molar-refractivity contribution in [2.75, 3.05) is 0 Å². The molecule has 0 N–H and O–H groups in total. The van der Waals surface area contributed by atoms with E-state index in [1.165, 1.54) is 17.5 Å². The van der Waals surface area contributed by atoms with Crippen molar-refractivity contribution in [1.29, 1.82) is 0 Å². The molecule has 0 aromatic heterocycles. The van der Waals surface area contributed by atoms with Crippen LogP contribution in [0, 0.1) is 11.8 Å². The van der Waals surface area contributed by atoms with Gasteiger partial charge in [0, 0.05) is 5.92 Å². The van der Waals surface area contributed by atoms with Crippen molar-refractivity contribution in [3.63, 3.8) is 0 Å². The van der Waals surface area contributed by atoms with Crippen LogP contribution in [-0.2, 0) is 6.42 Å². The van der Waals surface area contributed by atoms with E-state index in [-0.39, 0.29) is 0 Å². The van der Waals surface area contributed by atoms with Gasteiger partial charge in [-0.3, -0.25) is 0 Å². The molecule has 0 radical (unpaired) electrons. The largest absolute Gasteiger partial charge is 0.0625 e. The van der Waals surface area contributed by atoms with Crippen LogP contribution in [0.2, 0.25) is 0 Å². The molecule has 0 nitrogen and oxygen atoms in total. The van der Waals surface area contributed by atoms with Crippen LogP contribution < -0.4 is 0 Å². The van der Waals surface area contributed by atoms with Crippen LogP contribution in [0.15, 0.2) is 48.5 Å². The van der Waals surface area contributed by atoms with Gasteiger partial charge in [0.15, 0.2) is 0 Å². The van der Waals surface area contributed by atoms with Gasteiger partial charge in [0.2, 0.25) is 0 Å². The Morgan fingerprint density at radius 3 is 1.85 bits per heavy atom. The lowest BCUT2D eigenvalue weighted by molar-refractivity contribution is 0.373. The van der Waals surface area contributed by atoms with Crippen LogP contribution in [0.1, 0.15) is 55.4 Å². The molecule has 1 aliphatic rings. The van der Waals surface area contributed by atoms with E-state index in [0.717, 1.165) is 18.3 Å². The Hall–Kier alpha value is -1.56. The predicted molar refractivity (Wildman–Crippen MR) is 86.2 cm³/mol. The van der Waals surface area contributed by atoms with Crippen molar-refractivity contribution in [3.05, 3.63) is 70.8 Å². The number of hydrogen-bond acceptors (Lipinski definition) is 0. The van der Waals surface area contributed by atoms with E-state index in [1.54, 1.807) is 11.1 Å². The maximum absolute atomic E-state index is 2.39. The Morgan fingerprint density at radius 1 is 0.850 bits per heavy atom. The molecule has 1 aliphatic carbocycles. The van der Waals surface area contributed by atoms with Crippen molar-refractivity contribution in [2.24, 2.45) is 11.8 Å². The highest BCUT2D eigenvalue weighted by molar-refractivity contribution is 5.49. The van der Waals surface area contributed by atoms with E-state index in [9.17, 15) is 0 Å². The molecular formula is C20H24. The first-order valence-electron chi connectivity index (χ1n) is 7.82. The quantitative estimate of drug-likeness (QED) is 0.696. The molecule has 0 spiro atoms. The Bertz CT molecular complexity index is 549. The smallest absolute Gasteiger partial charge is 0.00976 e. The fourth-order valence-electron chi connectivity index (χ4n) is 3.34. The van der Waals surface area contributed by atoms with E-state index < -0.39 is 0 Å². The van der Waals surface area contributed by atoms with E-state index in [2.05, 4.69) is 69.3 Å². The summed E-state index contributed by atoms with van der Waals surface area (Å²) < 4.78 is 0. The summed E-state index contributed by atoms with van der Waals surface area (Å²) in [5.74, 6) is 2.07. The second-order valence-corrected chi connectivity index (χ2v) is 6.58. The first kappa shape index (κ1) is 13.4. The topological polar surface area (TPSA) is 0 Å². The Morgan fingerprint density at radius 2 is 1.35 bits per heavy atom. The average Bonchev–Trinajstić information content (AvgIpc) is 2.46. The summed E-state index contributed by atoms with van der Waals surface area (Å²) in [6, 6.07) is 18.0. The summed E-state index contributed by atoms with van der Waals surface area (Å²) in [4.78, 5) is 0. The second kappa shape index (κ2) is 5.44. The van der Waals surface area contributed by atoms with Gasteiger partial charge in [0.25, 0.3) is 0 Å². The number of hydrogen-bond donors (Lipinski definition) is 0. The van der Waals surface area contributed by atoms with Gasteiger partial charge in [-0.05, 0) is 46.9 Å². The molecule has 0 bridgehead atoms. The van der Waals surface area contributed by atoms with E-state index in [4.69, 9.17) is 0 Å². The lowest BCUT2D eigenvalue weighted by Gasteiger charge is -2.31. The molecule has 0 saturated heterocycles. The molecule has 1 unspecified atom stereocenters. The van der Waals surface area contributed by atoms with Gasteiger partial charge in [-0.1, -0.05) is 69.3 Å². The third-order valence-corrected chi connectivity index (χ3v) is 4.99. The molecule has 104 valence electrons. The predicted octanol–water partition coefficient (Wildman–Crippen LogP) is 5.40. The third-order valence-electron chi connectivity index (χ3n) is 4.99. The summed E-state index contributed by atoms with van der Waals surface area (Å²) in [7, 11) is 0. The first-order valence-corrected chi connectivity index (χ1v) is 7.82. The van der Waals surface area contributed by atoms with Gasteiger partial charge in [-0.25, -0.2) is 0 Å². The molecule has 0 aliphatic heterocycles. The van der Waals surface area contributed by atoms with Crippen molar-refractivity contribution in [1.82, 2.24) is 0 Å². The summed E-state index contributed by atoms with van der Waals surface area (Å²) in [5.41, 5.74) is 6.15. The summed E-state index contributed by atoms with van der Waals surface area (Å²) >= 11 is 0. The standard InChI is InChI=1S/C20H24/c1-14(2)15(3)12-20-18-10-6-4-8-16(18)13-17-9-5-7-11-19(17)20/h4-11,14-15,20H,12-13H2,1-3H3. The fourth-order valence-corrected chi connectivity index (χ4v) is 3.34. The minimum absolute atomic E-state index is 0.577. The van der Waals surface area contributed by atoms with Crippen LogP contribution in [0.3, 0.4) is 0 Å². The molecule has 0 heterocycles. The molecule has 0 fully saturated rings. The van der Waals surface area contributed by atoms with Gasteiger partial charge in [0.05, 0.1) is 0 Å². The van der Waals surface area contributed by atoms with Crippen molar-refractivity contribution in [2.45, 2.75) is 39.5 Å². The zero-order valence-electron chi connectivity index (χ0n) is 12.8. The number of rotatable bonds is 3. The Labute approximate surface area is 122 Å². The Balaban J connectivity index is 2.03. The van der Waals surface area contributed by atoms with Gasteiger partial charge >= 0.3 is 0 Å². The van der Waals surface area contributed by atoms with Crippen LogP contribution in [0.4, 0.5) is 0 Å². The van der Waals surface area contributed by atoms with E-state index in [1.807, 2.05) is 0 Å². The Kier molecular flexibility index (Phi) is 3.65. The van der Waals surface area contributed by atoms with Crippen LogP contribution in [-0.4, -0.2) is 0 Å². The van der Waals surface area contributed by atoms with E-state index in [0.29, 0.717) is 5.92 Å². The molecule has 0 heteroatoms. The zero-order chi connectivity index (χ0) is 14.1. The molecule has 2 aromatic carbocycles. The van der Waals surface area contributed by atoms with Gasteiger partial charge in [-0.15, -0.1) is 0 Å². The minimum Gasteiger partial charge on any atom is -0.0625 e. The lowest BCUT2D eigenvalue weighted by atomic mass is 9.73. The highest BCUT2D eigenvalue weighted by Gasteiger charge is 2.26. The maximum Gasteiger partial charge on any atom is 0.00976 e. The summed E-state index contributed by atoms with van der Waals surface area (Å²) in [6.07, 6.45) is 2.35. The summed E-state index contributed by atoms with van der Waals surface area (Å²) in [6.45, 7) is 7.07. The normalized spacial score (nSPS) is 15.8. The molecule has 0 saturated carbocycles. The molecule has 3 rings (SSSR count). The number of fused-ring (bicyclic) bond motifs is 2. The number of benzene rings is 2. The molecule has 20 heavy (non-hydrogen) atoms. The van der Waals surface area contributed by atoms with Gasteiger partial charge < -0.3 is 0 Å². The van der Waals surface area contributed by atoms with Crippen molar-refractivity contribution < 1.29 is 0 Å². The fraction of sp³-hybridized carbons (Fsp3) is 0.400. The molecular weight excluding hydrogens is 240 g/mol. The minimum atomic E-state index is 0.577. The third kappa shape index (κ3) is 2.40.